The van der Waals surface area contributed by atoms with E-state index in [4.69, 9.17) is 5.73 Å². The third-order valence-corrected chi connectivity index (χ3v) is 12.2. The molecule has 0 radical (unpaired) electrons. The van der Waals surface area contributed by atoms with Gasteiger partial charge in [0.1, 0.15) is 48.3 Å². The number of aliphatic hydroxyl groups is 3. The molecule has 12 N–H and O–H groups in total. The summed E-state index contributed by atoms with van der Waals surface area (Å²) in [5.41, 5.74) is 7.21. The van der Waals surface area contributed by atoms with Gasteiger partial charge in [0.05, 0.1) is 24.9 Å². The van der Waals surface area contributed by atoms with Crippen molar-refractivity contribution in [2.75, 3.05) is 19.7 Å². The first kappa shape index (κ1) is 56.1. The molecule has 0 spiro atoms. The number of carboxylic acids is 1. The van der Waals surface area contributed by atoms with Crippen molar-refractivity contribution in [3.05, 3.63) is 71.8 Å². The number of nitrogens with two attached hydrogens (primary N) is 1. The number of carbonyl (C=O) groups is 9. The summed E-state index contributed by atoms with van der Waals surface area (Å²) >= 11 is 0. The Morgan fingerprint density at radius 2 is 1.06 bits per heavy atom. The van der Waals surface area contributed by atoms with Crippen molar-refractivity contribution in [1.29, 1.82) is 0 Å². The fourth-order valence-electron chi connectivity index (χ4n) is 8.40. The molecule has 0 aromatic heterocycles. The van der Waals surface area contributed by atoms with E-state index < -0.39 is 126 Å². The van der Waals surface area contributed by atoms with Gasteiger partial charge in [-0.05, 0) is 69.9 Å². The number of hydrogen-bond acceptors (Lipinski definition) is 13. The Balaban J connectivity index is 1.46. The molecule has 11 atom stereocenters. The zero-order valence-corrected chi connectivity index (χ0v) is 40.2. The first-order chi connectivity index (χ1) is 33.1. The lowest BCUT2D eigenvalue weighted by molar-refractivity contribution is -0.150. The first-order valence-corrected chi connectivity index (χ1v) is 23.6. The predicted octanol–water partition coefficient (Wildman–Crippen LogP) is -2.41. The van der Waals surface area contributed by atoms with Gasteiger partial charge in [-0.3, -0.25) is 38.4 Å². The van der Waals surface area contributed by atoms with Crippen LogP contribution in [0.4, 0.5) is 0 Å². The molecule has 2 aromatic rings. The summed E-state index contributed by atoms with van der Waals surface area (Å²) in [5, 5.41) is 56.1. The minimum Gasteiger partial charge on any atom is -0.480 e. The van der Waals surface area contributed by atoms with Crippen LogP contribution < -0.4 is 37.6 Å². The van der Waals surface area contributed by atoms with E-state index in [2.05, 4.69) is 31.9 Å². The zero-order valence-electron chi connectivity index (χ0n) is 40.2. The molecule has 0 unspecified atom stereocenters. The summed E-state index contributed by atoms with van der Waals surface area (Å²) in [6, 6.07) is 5.17. The van der Waals surface area contributed by atoms with Crippen molar-refractivity contribution < 1.29 is 63.6 Å². The van der Waals surface area contributed by atoms with Crippen LogP contribution in [0.3, 0.4) is 0 Å². The minimum absolute atomic E-state index is 0.0181. The SMILES string of the molecule is CC(C)C[C@H](N)C(=O)N[C@@H](CO)C(=O)N[C@@H](Cc1ccccc1)C(=O)N1CCC[C@H]1C(=O)N[C@@H](C)C(=O)N[C@H](C(=O)N[C@@H](Cc1ccccc1)C(=O)N[C@H](C(=O)N1CCC[C@H]1C(=O)O)[C@@H](C)O)[C@@H](C)O. The monoisotopic (exact) mass is 980 g/mol. The Labute approximate surface area is 406 Å². The second-order valence-electron chi connectivity index (χ2n) is 18.4. The van der Waals surface area contributed by atoms with E-state index in [1.54, 1.807) is 60.7 Å². The van der Waals surface area contributed by atoms with Gasteiger partial charge in [-0.2, -0.15) is 0 Å². The van der Waals surface area contributed by atoms with Crippen LogP contribution in [-0.2, 0) is 56.0 Å². The van der Waals surface area contributed by atoms with Gasteiger partial charge in [0.15, 0.2) is 0 Å². The largest absolute Gasteiger partial charge is 0.480 e. The summed E-state index contributed by atoms with van der Waals surface area (Å²) in [6.45, 7) is 6.91. The van der Waals surface area contributed by atoms with Crippen LogP contribution in [0, 0.1) is 5.92 Å². The van der Waals surface area contributed by atoms with Crippen LogP contribution in [0.15, 0.2) is 60.7 Å². The van der Waals surface area contributed by atoms with Crippen LogP contribution in [0.5, 0.6) is 0 Å². The molecule has 0 bridgehead atoms. The topological polar surface area (TPSA) is 339 Å². The van der Waals surface area contributed by atoms with Gasteiger partial charge in [-0.25, -0.2) is 4.79 Å². The van der Waals surface area contributed by atoms with Gasteiger partial charge in [0.25, 0.3) is 0 Å². The summed E-state index contributed by atoms with van der Waals surface area (Å²) < 4.78 is 0. The van der Waals surface area contributed by atoms with Crippen LogP contribution in [0.2, 0.25) is 0 Å². The average molecular weight is 980 g/mol. The zero-order chi connectivity index (χ0) is 51.8. The van der Waals surface area contributed by atoms with E-state index in [1.165, 1.54) is 25.7 Å². The number of hydrogen-bond donors (Lipinski definition) is 11. The molecule has 2 saturated heterocycles. The van der Waals surface area contributed by atoms with E-state index in [1.807, 2.05) is 13.8 Å². The van der Waals surface area contributed by atoms with E-state index in [0.29, 0.717) is 30.4 Å². The number of rotatable bonds is 24. The number of aliphatic hydroxyl groups excluding tert-OH is 3. The maximum Gasteiger partial charge on any atom is 0.326 e. The summed E-state index contributed by atoms with van der Waals surface area (Å²) in [6.07, 6.45) is -1.73. The van der Waals surface area contributed by atoms with Crippen molar-refractivity contribution in [2.24, 2.45) is 11.7 Å². The van der Waals surface area contributed by atoms with E-state index >= 15 is 0 Å². The summed E-state index contributed by atoms with van der Waals surface area (Å²) in [5.74, 6) is -7.76. The maximum absolute atomic E-state index is 14.3. The Kier molecular flexibility index (Phi) is 21.2. The van der Waals surface area contributed by atoms with E-state index in [-0.39, 0.29) is 44.7 Å². The normalized spacial score (nSPS) is 19.5. The highest BCUT2D eigenvalue weighted by Gasteiger charge is 2.42. The third kappa shape index (κ3) is 15.8. The lowest BCUT2D eigenvalue weighted by atomic mass is 10.0. The van der Waals surface area contributed by atoms with Crippen molar-refractivity contribution in [1.82, 2.24) is 41.7 Å². The summed E-state index contributed by atoms with van der Waals surface area (Å²) in [4.78, 5) is 123. The molecular formula is C48H69N9O13. The Morgan fingerprint density at radius 1 is 0.586 bits per heavy atom. The van der Waals surface area contributed by atoms with Gasteiger partial charge >= 0.3 is 5.97 Å². The van der Waals surface area contributed by atoms with Crippen LogP contribution in [0.25, 0.3) is 0 Å². The number of carbonyl (C=O) groups excluding carboxylic acids is 8. The first-order valence-electron chi connectivity index (χ1n) is 23.6. The van der Waals surface area contributed by atoms with Crippen molar-refractivity contribution in [3.8, 4) is 0 Å². The number of nitrogens with one attached hydrogen (secondary N) is 6. The fourth-order valence-corrected chi connectivity index (χ4v) is 8.40. The molecule has 2 heterocycles. The number of amides is 8. The van der Waals surface area contributed by atoms with Crippen molar-refractivity contribution >= 4 is 53.2 Å². The molecule has 2 aliphatic rings. The molecule has 2 aliphatic heterocycles. The molecule has 8 amide bonds. The third-order valence-electron chi connectivity index (χ3n) is 12.2. The molecule has 70 heavy (non-hydrogen) atoms. The van der Waals surface area contributed by atoms with Gasteiger partial charge in [0, 0.05) is 25.9 Å². The molecule has 384 valence electrons. The molecule has 22 nitrogen and oxygen atoms in total. The molecule has 0 saturated carbocycles. The van der Waals surface area contributed by atoms with E-state index in [9.17, 15) is 63.6 Å². The Bertz CT molecular complexity index is 2150. The van der Waals surface area contributed by atoms with E-state index in [0.717, 1.165) is 4.90 Å². The average Bonchev–Trinajstić information content (AvgIpc) is 4.02. The smallest absolute Gasteiger partial charge is 0.326 e. The van der Waals surface area contributed by atoms with Crippen LogP contribution in [-0.4, -0.2) is 170 Å². The second kappa shape index (κ2) is 26.5. The molecule has 0 aliphatic carbocycles. The van der Waals surface area contributed by atoms with Crippen LogP contribution >= 0.6 is 0 Å². The molecule has 4 rings (SSSR count). The molecular weight excluding hydrogens is 911 g/mol. The van der Waals surface area contributed by atoms with Gasteiger partial charge in [0.2, 0.25) is 47.3 Å². The molecule has 2 fully saturated rings. The lowest BCUT2D eigenvalue weighted by Crippen LogP contribution is -2.62. The van der Waals surface area contributed by atoms with Gasteiger partial charge < -0.3 is 67.9 Å². The standard InChI is InChI=1S/C48H69N9O13/c1-26(2)22-32(49)41(62)53-35(25-58)43(64)52-34(24-31-16-10-7-11-17-31)46(67)56-20-12-18-36(56)44(65)50-27(3)40(61)54-38(28(4)59)45(66)51-33(23-30-14-8-6-9-15-30)42(63)55-39(29(5)60)47(68)57-21-13-19-37(57)48(69)70/h6-11,14-17,26-29,32-39,58-60H,12-13,18-25,49H2,1-5H3,(H,50,65)(H,51,66)(H,52,64)(H,53,62)(H,54,61)(H,55,63)(H,69,70)/t27-,28+,29+,32-,33-,34-,35-,36-,37-,38-,39-/m0/s1. The highest BCUT2D eigenvalue weighted by molar-refractivity contribution is 5.98. The molecule has 22 heteroatoms. The lowest BCUT2D eigenvalue weighted by Gasteiger charge is -2.31. The Hall–Kier alpha value is -6.49. The number of carboxylic acid groups (broad SMARTS) is 1. The number of benzene rings is 2. The predicted molar refractivity (Wildman–Crippen MR) is 253 cm³/mol. The highest BCUT2D eigenvalue weighted by atomic mass is 16.4. The minimum atomic E-state index is -1.70. The van der Waals surface area contributed by atoms with Crippen molar-refractivity contribution in [2.45, 2.75) is 146 Å². The van der Waals surface area contributed by atoms with Crippen molar-refractivity contribution in [3.63, 3.8) is 0 Å². The number of aliphatic carboxylic acids is 1. The second-order valence-corrected chi connectivity index (χ2v) is 18.4. The Morgan fingerprint density at radius 3 is 1.57 bits per heavy atom. The number of likely N-dealkylation sites (tertiary alicyclic amines) is 2. The summed E-state index contributed by atoms with van der Waals surface area (Å²) in [7, 11) is 0. The van der Waals surface area contributed by atoms with Crippen LogP contribution in [0.1, 0.15) is 77.8 Å². The molecule has 2 aromatic carbocycles. The quantitative estimate of drug-likeness (QED) is 0.0523. The fraction of sp³-hybridized carbons (Fsp3) is 0.562. The van der Waals surface area contributed by atoms with Gasteiger partial charge in [-0.15, -0.1) is 0 Å². The maximum atomic E-state index is 14.3. The highest BCUT2D eigenvalue weighted by Crippen LogP contribution is 2.22. The number of nitrogens with zero attached hydrogens (tertiary/aromatic N) is 2. The van der Waals surface area contributed by atoms with Gasteiger partial charge in [-0.1, -0.05) is 74.5 Å².